The number of carbonyl (C=O) groups is 2. The van der Waals surface area contributed by atoms with E-state index in [9.17, 15) is 9.59 Å². The summed E-state index contributed by atoms with van der Waals surface area (Å²) >= 11 is 0. The normalized spacial score (nSPS) is 12.2. The monoisotopic (exact) mass is 849 g/mol. The van der Waals surface area contributed by atoms with Crippen molar-refractivity contribution in [3.05, 3.63) is 0 Å². The van der Waals surface area contributed by atoms with Crippen LogP contribution in [0.3, 0.4) is 0 Å². The van der Waals surface area contributed by atoms with Crippen LogP contribution in [-0.4, -0.2) is 25.2 Å². The average Bonchev–Trinajstić information content (AvgIpc) is 3.25. The zero-order valence-corrected chi connectivity index (χ0v) is 42.3. The van der Waals surface area contributed by atoms with Crippen molar-refractivity contribution < 1.29 is 19.1 Å². The minimum absolute atomic E-state index is 0.0167. The van der Waals surface area contributed by atoms with Crippen LogP contribution < -0.4 is 0 Å². The highest BCUT2D eigenvalue weighted by molar-refractivity contribution is 5.69. The topological polar surface area (TPSA) is 52.6 Å². The van der Waals surface area contributed by atoms with Gasteiger partial charge in [-0.25, -0.2) is 0 Å². The standard InChI is InChI=1S/C32H64O2.C24H48O2/c1-4-7-10-13-15-16-17-18-19-20-21-23-26-29-32(33)34-30-31(27-24-12-9-6-3)28-25-22-14-11-8-5-2;1-4-7-9-10-11-12-13-14-15-16-17-18-19-21-24(25)26-22-23(6-3)20-8-5-2/h31H,4-30H2,1-3H3;23H,4-22H2,1-3H3. The van der Waals surface area contributed by atoms with Gasteiger partial charge in [-0.3, -0.25) is 9.59 Å². The molecule has 0 amide bonds. The van der Waals surface area contributed by atoms with Gasteiger partial charge in [-0.05, 0) is 43.9 Å². The van der Waals surface area contributed by atoms with E-state index in [2.05, 4.69) is 41.5 Å². The molecule has 0 saturated carbocycles. The minimum Gasteiger partial charge on any atom is -0.465 e. The summed E-state index contributed by atoms with van der Waals surface area (Å²) in [6, 6.07) is 0. The van der Waals surface area contributed by atoms with Crippen molar-refractivity contribution in [2.24, 2.45) is 11.8 Å². The van der Waals surface area contributed by atoms with E-state index in [1.807, 2.05) is 0 Å². The molecule has 4 heteroatoms. The first kappa shape index (κ1) is 61.0. The maximum atomic E-state index is 12.3. The first-order valence-corrected chi connectivity index (χ1v) is 27.8. The van der Waals surface area contributed by atoms with E-state index in [1.54, 1.807) is 0 Å². The van der Waals surface area contributed by atoms with Gasteiger partial charge in [0.05, 0.1) is 13.2 Å². The number of unbranched alkanes of at least 4 members (excludes halogenated alkanes) is 33. The Balaban J connectivity index is 0. The molecule has 0 aromatic rings. The molecule has 0 spiro atoms. The Hall–Kier alpha value is -1.06. The van der Waals surface area contributed by atoms with Crippen molar-refractivity contribution in [2.45, 2.75) is 324 Å². The quantitative estimate of drug-likeness (QED) is 0.0452. The van der Waals surface area contributed by atoms with Crippen molar-refractivity contribution in [2.75, 3.05) is 13.2 Å². The Bertz CT molecular complexity index is 811. The first-order chi connectivity index (χ1) is 29.5. The van der Waals surface area contributed by atoms with E-state index in [1.165, 1.54) is 250 Å². The third kappa shape index (κ3) is 51.3. The molecular weight excluding hydrogens is 737 g/mol. The van der Waals surface area contributed by atoms with E-state index >= 15 is 0 Å². The summed E-state index contributed by atoms with van der Waals surface area (Å²) in [4.78, 5) is 24.1. The lowest BCUT2D eigenvalue weighted by Gasteiger charge is -2.17. The molecule has 0 saturated heterocycles. The van der Waals surface area contributed by atoms with Gasteiger partial charge in [-0.15, -0.1) is 0 Å². The molecule has 0 fully saturated rings. The largest absolute Gasteiger partial charge is 0.465 e. The van der Waals surface area contributed by atoms with Crippen LogP contribution in [0.5, 0.6) is 0 Å². The van der Waals surface area contributed by atoms with Crippen LogP contribution in [0.25, 0.3) is 0 Å². The van der Waals surface area contributed by atoms with Gasteiger partial charge in [0, 0.05) is 12.8 Å². The van der Waals surface area contributed by atoms with Gasteiger partial charge in [0.25, 0.3) is 0 Å². The molecule has 0 aromatic heterocycles. The van der Waals surface area contributed by atoms with Crippen LogP contribution in [0.1, 0.15) is 324 Å². The molecule has 0 heterocycles. The van der Waals surface area contributed by atoms with Crippen molar-refractivity contribution in [1.29, 1.82) is 0 Å². The Morgan fingerprint density at radius 3 is 0.817 bits per heavy atom. The number of hydrogen-bond acceptors (Lipinski definition) is 4. The third-order valence-electron chi connectivity index (χ3n) is 12.9. The summed E-state index contributed by atoms with van der Waals surface area (Å²) in [7, 11) is 0. The number of rotatable bonds is 48. The molecular formula is C56H112O4. The summed E-state index contributed by atoms with van der Waals surface area (Å²) in [6.07, 6.45) is 56.7. The average molecular weight is 850 g/mol. The number of carbonyl (C=O) groups excluding carboxylic acids is 2. The fraction of sp³-hybridized carbons (Fsp3) is 0.964. The summed E-state index contributed by atoms with van der Waals surface area (Å²) in [5.74, 6) is 1.21. The highest BCUT2D eigenvalue weighted by Gasteiger charge is 2.13. The van der Waals surface area contributed by atoms with Gasteiger partial charge in [0.2, 0.25) is 0 Å². The fourth-order valence-electron chi connectivity index (χ4n) is 8.42. The Morgan fingerprint density at radius 1 is 0.283 bits per heavy atom. The number of esters is 2. The number of hydrogen-bond donors (Lipinski definition) is 0. The summed E-state index contributed by atoms with van der Waals surface area (Å²) in [5.41, 5.74) is 0. The molecule has 0 N–H and O–H groups in total. The van der Waals surface area contributed by atoms with E-state index < -0.39 is 0 Å². The molecule has 0 aliphatic rings. The van der Waals surface area contributed by atoms with Crippen molar-refractivity contribution in [1.82, 2.24) is 0 Å². The van der Waals surface area contributed by atoms with Gasteiger partial charge in [0.15, 0.2) is 0 Å². The lowest BCUT2D eigenvalue weighted by molar-refractivity contribution is -0.146. The van der Waals surface area contributed by atoms with Gasteiger partial charge >= 0.3 is 11.9 Å². The molecule has 0 bridgehead atoms. The predicted octanol–water partition coefficient (Wildman–Crippen LogP) is 19.6. The maximum absolute atomic E-state index is 12.3. The molecule has 360 valence electrons. The Kier molecular flexibility index (Phi) is 55.0. The second kappa shape index (κ2) is 54.1. The van der Waals surface area contributed by atoms with Crippen molar-refractivity contribution in [3.8, 4) is 0 Å². The SMILES string of the molecule is CCCCCCCCCCCCCCCC(=O)OCC(CC)CCCC.CCCCCCCCCCCCCCCC(=O)OCC(CCCCCC)CCCCCCCC. The third-order valence-corrected chi connectivity index (χ3v) is 12.9. The molecule has 2 unspecified atom stereocenters. The second-order valence-electron chi connectivity index (χ2n) is 19.0. The predicted molar refractivity (Wildman–Crippen MR) is 266 cm³/mol. The van der Waals surface area contributed by atoms with Gasteiger partial charge in [-0.2, -0.15) is 0 Å². The highest BCUT2D eigenvalue weighted by atomic mass is 16.5. The van der Waals surface area contributed by atoms with Crippen molar-refractivity contribution >= 4 is 11.9 Å². The van der Waals surface area contributed by atoms with Gasteiger partial charge in [-0.1, -0.05) is 279 Å². The van der Waals surface area contributed by atoms with E-state index in [0.717, 1.165) is 19.3 Å². The van der Waals surface area contributed by atoms with Crippen LogP contribution in [0.2, 0.25) is 0 Å². The summed E-state index contributed by atoms with van der Waals surface area (Å²) in [5, 5.41) is 0. The van der Waals surface area contributed by atoms with Crippen LogP contribution in [0, 0.1) is 11.8 Å². The Labute approximate surface area is 378 Å². The molecule has 2 atom stereocenters. The van der Waals surface area contributed by atoms with Gasteiger partial charge in [0.1, 0.15) is 0 Å². The molecule has 0 aromatic carbocycles. The lowest BCUT2D eigenvalue weighted by Crippen LogP contribution is -2.14. The summed E-state index contributed by atoms with van der Waals surface area (Å²) in [6.45, 7) is 14.8. The zero-order valence-electron chi connectivity index (χ0n) is 42.3. The highest BCUT2D eigenvalue weighted by Crippen LogP contribution is 2.21. The minimum atomic E-state index is 0.0167. The van der Waals surface area contributed by atoms with Crippen LogP contribution in [-0.2, 0) is 19.1 Å². The van der Waals surface area contributed by atoms with Crippen LogP contribution in [0.4, 0.5) is 0 Å². The molecule has 60 heavy (non-hydrogen) atoms. The molecule has 0 aliphatic carbocycles. The summed E-state index contributed by atoms with van der Waals surface area (Å²) < 4.78 is 11.2. The zero-order chi connectivity index (χ0) is 44.3. The van der Waals surface area contributed by atoms with Crippen LogP contribution >= 0.6 is 0 Å². The second-order valence-corrected chi connectivity index (χ2v) is 19.0. The number of ether oxygens (including phenoxy) is 2. The van der Waals surface area contributed by atoms with Crippen molar-refractivity contribution in [3.63, 3.8) is 0 Å². The van der Waals surface area contributed by atoms with Gasteiger partial charge < -0.3 is 9.47 Å². The fourth-order valence-corrected chi connectivity index (χ4v) is 8.42. The Morgan fingerprint density at radius 2 is 0.517 bits per heavy atom. The van der Waals surface area contributed by atoms with E-state index in [0.29, 0.717) is 37.9 Å². The molecule has 0 aliphatic heterocycles. The molecule has 4 nitrogen and oxygen atoms in total. The van der Waals surface area contributed by atoms with E-state index in [-0.39, 0.29) is 11.9 Å². The molecule has 0 rings (SSSR count). The lowest BCUT2D eigenvalue weighted by atomic mass is 9.95. The molecule has 0 radical (unpaired) electrons. The first-order valence-electron chi connectivity index (χ1n) is 27.8. The smallest absolute Gasteiger partial charge is 0.305 e. The van der Waals surface area contributed by atoms with Crippen LogP contribution in [0.15, 0.2) is 0 Å². The maximum Gasteiger partial charge on any atom is 0.305 e. The van der Waals surface area contributed by atoms with E-state index in [4.69, 9.17) is 9.47 Å².